The highest BCUT2D eigenvalue weighted by molar-refractivity contribution is 6.74. The smallest absolute Gasteiger partial charge is 0.152 e. The van der Waals surface area contributed by atoms with Crippen molar-refractivity contribution in [1.29, 1.82) is 0 Å². The standard InChI is InChI=1S/C7H15N3OSi/c1-12(2,3)6-10-7(4-11)8-5-9-10/h5,11H,4,6H2,1-3H3. The molecule has 0 fully saturated rings. The molecule has 1 aromatic rings. The minimum atomic E-state index is -1.16. The van der Waals surface area contributed by atoms with Gasteiger partial charge in [0.1, 0.15) is 12.9 Å². The topological polar surface area (TPSA) is 50.9 Å². The predicted octanol–water partition coefficient (Wildman–Crippen LogP) is 0.648. The molecule has 1 aromatic heterocycles. The number of hydrogen-bond donors (Lipinski definition) is 1. The first-order chi connectivity index (χ1) is 5.53. The van der Waals surface area contributed by atoms with E-state index in [1.165, 1.54) is 6.33 Å². The quantitative estimate of drug-likeness (QED) is 0.703. The van der Waals surface area contributed by atoms with E-state index in [4.69, 9.17) is 5.11 Å². The molecule has 68 valence electrons. The SMILES string of the molecule is C[Si](C)(C)Cn1ncnc1CO. The monoisotopic (exact) mass is 185 g/mol. The third-order valence-corrected chi connectivity index (χ3v) is 2.71. The van der Waals surface area contributed by atoms with Gasteiger partial charge in [-0.25, -0.2) is 4.98 Å². The van der Waals surface area contributed by atoms with Gasteiger partial charge in [-0.1, -0.05) is 19.6 Å². The lowest BCUT2D eigenvalue weighted by molar-refractivity contribution is 0.264. The molecule has 0 saturated carbocycles. The van der Waals surface area contributed by atoms with E-state index in [1.54, 1.807) is 4.68 Å². The lowest BCUT2D eigenvalue weighted by atomic mass is 10.7. The fourth-order valence-electron chi connectivity index (χ4n) is 0.992. The lowest BCUT2D eigenvalue weighted by Crippen LogP contribution is -2.29. The summed E-state index contributed by atoms with van der Waals surface area (Å²) in [6.07, 6.45) is 2.41. The summed E-state index contributed by atoms with van der Waals surface area (Å²) in [6, 6.07) is 0. The van der Waals surface area contributed by atoms with Crippen LogP contribution in [0.1, 0.15) is 5.82 Å². The van der Waals surface area contributed by atoms with Crippen molar-refractivity contribution in [3.8, 4) is 0 Å². The van der Waals surface area contributed by atoms with Gasteiger partial charge in [-0.05, 0) is 0 Å². The molecule has 0 saturated heterocycles. The predicted molar refractivity (Wildman–Crippen MR) is 49.3 cm³/mol. The van der Waals surface area contributed by atoms with E-state index in [-0.39, 0.29) is 6.61 Å². The zero-order valence-corrected chi connectivity index (χ0v) is 8.78. The van der Waals surface area contributed by atoms with E-state index in [1.807, 2.05) is 0 Å². The van der Waals surface area contributed by atoms with Crippen molar-refractivity contribution in [2.75, 3.05) is 0 Å². The van der Waals surface area contributed by atoms with Gasteiger partial charge in [0.25, 0.3) is 0 Å². The van der Waals surface area contributed by atoms with Crippen molar-refractivity contribution in [1.82, 2.24) is 14.8 Å². The van der Waals surface area contributed by atoms with Crippen molar-refractivity contribution in [3.63, 3.8) is 0 Å². The van der Waals surface area contributed by atoms with Gasteiger partial charge in [-0.15, -0.1) is 0 Å². The Labute approximate surface area is 73.3 Å². The largest absolute Gasteiger partial charge is 0.388 e. The van der Waals surface area contributed by atoms with Crippen molar-refractivity contribution >= 4 is 8.07 Å². The van der Waals surface area contributed by atoms with Crippen LogP contribution >= 0.6 is 0 Å². The van der Waals surface area contributed by atoms with Gasteiger partial charge in [-0.2, -0.15) is 5.10 Å². The van der Waals surface area contributed by atoms with Crippen LogP contribution in [0.3, 0.4) is 0 Å². The molecule has 0 aliphatic carbocycles. The Hall–Kier alpha value is -0.683. The normalized spacial score (nSPS) is 12.0. The minimum Gasteiger partial charge on any atom is -0.388 e. The van der Waals surface area contributed by atoms with Crippen LogP contribution in [0.2, 0.25) is 19.6 Å². The summed E-state index contributed by atoms with van der Waals surface area (Å²) in [6.45, 7) is 6.76. The molecule has 0 aromatic carbocycles. The number of aromatic nitrogens is 3. The van der Waals surface area contributed by atoms with Gasteiger partial charge >= 0.3 is 0 Å². The number of aliphatic hydroxyl groups is 1. The highest BCUT2D eigenvalue weighted by Crippen LogP contribution is 2.05. The molecular formula is C7H15N3OSi. The van der Waals surface area contributed by atoms with E-state index < -0.39 is 8.07 Å². The van der Waals surface area contributed by atoms with Gasteiger partial charge in [0, 0.05) is 6.17 Å². The van der Waals surface area contributed by atoms with Gasteiger partial charge in [0.05, 0.1) is 8.07 Å². The molecule has 0 aliphatic heterocycles. The molecule has 0 amide bonds. The maximum Gasteiger partial charge on any atom is 0.152 e. The Balaban J connectivity index is 2.75. The Morgan fingerprint density at radius 1 is 1.50 bits per heavy atom. The lowest BCUT2D eigenvalue weighted by Gasteiger charge is -2.16. The maximum atomic E-state index is 8.90. The van der Waals surface area contributed by atoms with Gasteiger partial charge < -0.3 is 5.11 Å². The summed E-state index contributed by atoms with van der Waals surface area (Å²) in [5, 5.41) is 12.9. The first kappa shape index (κ1) is 9.41. The van der Waals surface area contributed by atoms with Gasteiger partial charge in [0.15, 0.2) is 5.82 Å². The molecule has 0 atom stereocenters. The molecule has 1 heterocycles. The fourth-order valence-corrected chi connectivity index (χ4v) is 2.15. The van der Waals surface area contributed by atoms with E-state index in [9.17, 15) is 0 Å². The molecule has 0 unspecified atom stereocenters. The Bertz CT molecular complexity index is 253. The highest BCUT2D eigenvalue weighted by Gasteiger charge is 2.16. The van der Waals surface area contributed by atoms with E-state index in [0.29, 0.717) is 5.82 Å². The molecule has 5 heteroatoms. The fraction of sp³-hybridized carbons (Fsp3) is 0.714. The molecule has 0 aliphatic rings. The zero-order chi connectivity index (χ0) is 9.19. The van der Waals surface area contributed by atoms with Crippen molar-refractivity contribution in [2.45, 2.75) is 32.4 Å². The van der Waals surface area contributed by atoms with Crippen LogP contribution in [-0.2, 0) is 12.8 Å². The highest BCUT2D eigenvalue weighted by atomic mass is 28.3. The van der Waals surface area contributed by atoms with Crippen LogP contribution in [0.25, 0.3) is 0 Å². The van der Waals surface area contributed by atoms with Crippen molar-refractivity contribution < 1.29 is 5.11 Å². The summed E-state index contributed by atoms with van der Waals surface area (Å²) in [4.78, 5) is 3.94. The van der Waals surface area contributed by atoms with Crippen LogP contribution in [0.15, 0.2) is 6.33 Å². The number of rotatable bonds is 3. The Morgan fingerprint density at radius 2 is 2.17 bits per heavy atom. The van der Waals surface area contributed by atoms with Crippen LogP contribution < -0.4 is 0 Å². The summed E-state index contributed by atoms with van der Waals surface area (Å²) >= 11 is 0. The minimum absolute atomic E-state index is 0.0233. The van der Waals surface area contributed by atoms with Crippen LogP contribution in [-0.4, -0.2) is 27.9 Å². The molecule has 0 radical (unpaired) electrons. The Kier molecular flexibility index (Phi) is 2.64. The van der Waals surface area contributed by atoms with Crippen molar-refractivity contribution in [3.05, 3.63) is 12.2 Å². The maximum absolute atomic E-state index is 8.90. The Morgan fingerprint density at radius 3 is 2.67 bits per heavy atom. The number of nitrogens with zero attached hydrogens (tertiary/aromatic N) is 3. The molecule has 12 heavy (non-hydrogen) atoms. The van der Waals surface area contributed by atoms with Crippen LogP contribution in [0.5, 0.6) is 0 Å². The summed E-state index contributed by atoms with van der Waals surface area (Å²) in [5.41, 5.74) is 0. The first-order valence-electron chi connectivity index (χ1n) is 4.00. The van der Waals surface area contributed by atoms with E-state index in [2.05, 4.69) is 29.7 Å². The van der Waals surface area contributed by atoms with Crippen molar-refractivity contribution in [2.24, 2.45) is 0 Å². The summed E-state index contributed by atoms with van der Waals surface area (Å²) in [5.74, 6) is 0.664. The van der Waals surface area contributed by atoms with E-state index in [0.717, 1.165) is 6.17 Å². The molecule has 0 bridgehead atoms. The molecule has 1 N–H and O–H groups in total. The van der Waals surface area contributed by atoms with Gasteiger partial charge in [-0.3, -0.25) is 4.68 Å². The summed E-state index contributed by atoms with van der Waals surface area (Å²) < 4.78 is 1.80. The average Bonchev–Trinajstić information content (AvgIpc) is 2.31. The molecule has 1 rings (SSSR count). The molecule has 0 spiro atoms. The first-order valence-corrected chi connectivity index (χ1v) is 7.71. The third kappa shape index (κ3) is 2.42. The second kappa shape index (κ2) is 3.36. The number of hydrogen-bond acceptors (Lipinski definition) is 3. The van der Waals surface area contributed by atoms with Crippen LogP contribution in [0, 0.1) is 0 Å². The van der Waals surface area contributed by atoms with Crippen LogP contribution in [0.4, 0.5) is 0 Å². The second-order valence-corrected chi connectivity index (χ2v) is 9.49. The third-order valence-electron chi connectivity index (χ3n) is 1.46. The zero-order valence-electron chi connectivity index (χ0n) is 7.78. The summed E-state index contributed by atoms with van der Waals surface area (Å²) in [7, 11) is -1.16. The number of aliphatic hydroxyl groups excluding tert-OH is 1. The van der Waals surface area contributed by atoms with E-state index >= 15 is 0 Å². The molecule has 4 nitrogen and oxygen atoms in total. The molecular weight excluding hydrogens is 170 g/mol. The second-order valence-electron chi connectivity index (χ2n) is 4.05. The van der Waals surface area contributed by atoms with Gasteiger partial charge in [0.2, 0.25) is 0 Å². The average molecular weight is 185 g/mol.